The van der Waals surface area contributed by atoms with Gasteiger partial charge in [-0.3, -0.25) is 4.99 Å². The average Bonchev–Trinajstić information content (AvgIpc) is 2.08. The fourth-order valence-corrected chi connectivity index (χ4v) is 2.37. The lowest BCUT2D eigenvalue weighted by molar-refractivity contribution is 0.174. The van der Waals surface area contributed by atoms with Crippen LogP contribution < -0.4 is 5.73 Å². The highest BCUT2D eigenvalue weighted by atomic mass is 14.8. The third kappa shape index (κ3) is 2.31. The summed E-state index contributed by atoms with van der Waals surface area (Å²) in [6.45, 7) is 10.5. The van der Waals surface area contributed by atoms with Gasteiger partial charge in [-0.05, 0) is 37.3 Å². The minimum Gasteiger partial charge on any atom is -0.327 e. The fraction of sp³-hybridized carbons (Fsp3) is 0.909. The maximum absolute atomic E-state index is 6.02. The molecule has 1 fully saturated rings. The molecule has 0 amide bonds. The van der Waals surface area contributed by atoms with Crippen molar-refractivity contribution in [2.24, 2.45) is 28.5 Å². The molecule has 1 rings (SSSR count). The SMILES string of the molecule is C=NC1CC(N)C(C)CC1C(C)C. The maximum atomic E-state index is 6.02. The first-order valence-electron chi connectivity index (χ1n) is 5.27. The molecule has 1 saturated carbocycles. The van der Waals surface area contributed by atoms with E-state index in [-0.39, 0.29) is 0 Å². The molecule has 4 unspecified atom stereocenters. The summed E-state index contributed by atoms with van der Waals surface area (Å²) in [6, 6.07) is 0.719. The van der Waals surface area contributed by atoms with Crippen LogP contribution in [0.5, 0.6) is 0 Å². The Morgan fingerprint density at radius 1 is 1.38 bits per heavy atom. The summed E-state index contributed by atoms with van der Waals surface area (Å²) in [5.74, 6) is 2.03. The summed E-state index contributed by atoms with van der Waals surface area (Å²) in [6.07, 6.45) is 2.23. The Hall–Kier alpha value is -0.370. The lowest BCUT2D eigenvalue weighted by atomic mass is 9.72. The molecule has 2 nitrogen and oxygen atoms in total. The van der Waals surface area contributed by atoms with Crippen LogP contribution in [0, 0.1) is 17.8 Å². The molecule has 0 saturated heterocycles. The molecule has 0 aromatic heterocycles. The van der Waals surface area contributed by atoms with Crippen molar-refractivity contribution < 1.29 is 0 Å². The first-order chi connectivity index (χ1) is 6.06. The first kappa shape index (κ1) is 10.7. The van der Waals surface area contributed by atoms with E-state index in [0.717, 1.165) is 6.42 Å². The average molecular weight is 182 g/mol. The largest absolute Gasteiger partial charge is 0.327 e. The zero-order valence-electron chi connectivity index (χ0n) is 9.03. The molecule has 0 aromatic carbocycles. The zero-order chi connectivity index (χ0) is 10.0. The van der Waals surface area contributed by atoms with Crippen molar-refractivity contribution in [2.45, 2.75) is 45.7 Å². The molecule has 1 aliphatic carbocycles. The van der Waals surface area contributed by atoms with E-state index in [4.69, 9.17) is 5.73 Å². The van der Waals surface area contributed by atoms with Gasteiger partial charge in [0, 0.05) is 6.04 Å². The van der Waals surface area contributed by atoms with Gasteiger partial charge in [-0.1, -0.05) is 20.8 Å². The molecule has 2 heteroatoms. The van der Waals surface area contributed by atoms with Crippen molar-refractivity contribution in [3.63, 3.8) is 0 Å². The van der Waals surface area contributed by atoms with Crippen LogP contribution in [0.3, 0.4) is 0 Å². The van der Waals surface area contributed by atoms with Crippen molar-refractivity contribution in [3.05, 3.63) is 0 Å². The quantitative estimate of drug-likeness (QED) is 0.652. The highest BCUT2D eigenvalue weighted by Crippen LogP contribution is 2.34. The Labute approximate surface area is 81.6 Å². The Kier molecular flexibility index (Phi) is 3.48. The molecule has 0 heterocycles. The van der Waals surface area contributed by atoms with Crippen LogP contribution >= 0.6 is 0 Å². The van der Waals surface area contributed by atoms with E-state index in [1.807, 2.05) is 0 Å². The first-order valence-corrected chi connectivity index (χ1v) is 5.27. The predicted octanol–water partition coefficient (Wildman–Crippen LogP) is 2.08. The maximum Gasteiger partial charge on any atom is 0.0537 e. The van der Waals surface area contributed by atoms with Crippen LogP contribution in [0.2, 0.25) is 0 Å². The second kappa shape index (κ2) is 4.23. The van der Waals surface area contributed by atoms with Gasteiger partial charge in [0.25, 0.3) is 0 Å². The van der Waals surface area contributed by atoms with Crippen molar-refractivity contribution in [1.82, 2.24) is 0 Å². The van der Waals surface area contributed by atoms with Gasteiger partial charge in [-0.25, -0.2) is 0 Å². The van der Waals surface area contributed by atoms with Gasteiger partial charge >= 0.3 is 0 Å². The van der Waals surface area contributed by atoms with E-state index in [0.29, 0.717) is 29.8 Å². The topological polar surface area (TPSA) is 38.4 Å². The smallest absolute Gasteiger partial charge is 0.0537 e. The van der Waals surface area contributed by atoms with Crippen molar-refractivity contribution in [2.75, 3.05) is 0 Å². The number of hydrogen-bond donors (Lipinski definition) is 1. The van der Waals surface area contributed by atoms with Crippen LogP contribution in [0.15, 0.2) is 4.99 Å². The molecule has 1 aliphatic rings. The van der Waals surface area contributed by atoms with Gasteiger partial charge in [0.1, 0.15) is 0 Å². The fourth-order valence-electron chi connectivity index (χ4n) is 2.37. The van der Waals surface area contributed by atoms with E-state index < -0.39 is 0 Å². The number of aliphatic imine (C=N–C) groups is 1. The Balaban J connectivity index is 2.66. The summed E-state index contributed by atoms with van der Waals surface area (Å²) in [5, 5.41) is 0. The summed E-state index contributed by atoms with van der Waals surface area (Å²) < 4.78 is 0. The van der Waals surface area contributed by atoms with E-state index in [1.54, 1.807) is 0 Å². The third-order valence-corrected chi connectivity index (χ3v) is 3.47. The lowest BCUT2D eigenvalue weighted by Crippen LogP contribution is -2.43. The van der Waals surface area contributed by atoms with Crippen LogP contribution in [0.4, 0.5) is 0 Å². The molecule has 0 aromatic rings. The van der Waals surface area contributed by atoms with Crippen LogP contribution in [-0.4, -0.2) is 18.8 Å². The molecule has 0 aliphatic heterocycles. The number of rotatable bonds is 2. The van der Waals surface area contributed by atoms with Gasteiger partial charge in [0.05, 0.1) is 6.04 Å². The zero-order valence-corrected chi connectivity index (χ0v) is 9.03. The van der Waals surface area contributed by atoms with Gasteiger partial charge in [-0.15, -0.1) is 0 Å². The monoisotopic (exact) mass is 182 g/mol. The third-order valence-electron chi connectivity index (χ3n) is 3.47. The Morgan fingerprint density at radius 3 is 2.46 bits per heavy atom. The molecule has 0 spiro atoms. The molecule has 0 bridgehead atoms. The minimum absolute atomic E-state index is 0.325. The number of nitrogens with two attached hydrogens (primary N) is 1. The molecule has 13 heavy (non-hydrogen) atoms. The van der Waals surface area contributed by atoms with E-state index in [9.17, 15) is 0 Å². The Morgan fingerprint density at radius 2 is 2.00 bits per heavy atom. The normalized spacial score (nSPS) is 40.7. The molecule has 2 N–H and O–H groups in total. The van der Waals surface area contributed by atoms with Gasteiger partial charge in [0.15, 0.2) is 0 Å². The summed E-state index contributed by atoms with van der Waals surface area (Å²) in [5.41, 5.74) is 6.02. The second-order valence-electron chi connectivity index (χ2n) is 4.77. The van der Waals surface area contributed by atoms with Crippen LogP contribution in [0.1, 0.15) is 33.6 Å². The van der Waals surface area contributed by atoms with E-state index in [1.165, 1.54) is 6.42 Å². The van der Waals surface area contributed by atoms with E-state index >= 15 is 0 Å². The summed E-state index contributed by atoms with van der Waals surface area (Å²) in [7, 11) is 0. The van der Waals surface area contributed by atoms with Crippen LogP contribution in [-0.2, 0) is 0 Å². The van der Waals surface area contributed by atoms with Gasteiger partial charge in [-0.2, -0.15) is 0 Å². The Bertz CT molecular complexity index is 177. The summed E-state index contributed by atoms with van der Waals surface area (Å²) in [4.78, 5) is 4.21. The summed E-state index contributed by atoms with van der Waals surface area (Å²) >= 11 is 0. The molecule has 76 valence electrons. The molecule has 0 radical (unpaired) electrons. The van der Waals surface area contributed by atoms with E-state index in [2.05, 4.69) is 32.5 Å². The number of nitrogens with zero attached hydrogens (tertiary/aromatic N) is 1. The van der Waals surface area contributed by atoms with Crippen LogP contribution in [0.25, 0.3) is 0 Å². The van der Waals surface area contributed by atoms with Gasteiger partial charge in [0.2, 0.25) is 0 Å². The van der Waals surface area contributed by atoms with Crippen molar-refractivity contribution >= 4 is 6.72 Å². The molecule has 4 atom stereocenters. The standard InChI is InChI=1S/C11H22N2/c1-7(2)9-5-8(3)10(12)6-11(9)13-4/h7-11H,4-6,12H2,1-3H3. The minimum atomic E-state index is 0.325. The lowest BCUT2D eigenvalue weighted by Gasteiger charge is -2.38. The second-order valence-corrected chi connectivity index (χ2v) is 4.77. The van der Waals surface area contributed by atoms with Crippen molar-refractivity contribution in [3.8, 4) is 0 Å². The van der Waals surface area contributed by atoms with Crippen molar-refractivity contribution in [1.29, 1.82) is 0 Å². The van der Waals surface area contributed by atoms with Gasteiger partial charge < -0.3 is 5.73 Å². The predicted molar refractivity (Wildman–Crippen MR) is 58.0 cm³/mol. The molecular formula is C11H22N2. The number of hydrogen-bond acceptors (Lipinski definition) is 2. The molecular weight excluding hydrogens is 160 g/mol. The highest BCUT2D eigenvalue weighted by Gasteiger charge is 2.33. The highest BCUT2D eigenvalue weighted by molar-refractivity contribution is 5.24.